The van der Waals surface area contributed by atoms with Crippen LogP contribution < -0.4 is 16.0 Å². The van der Waals surface area contributed by atoms with Crippen molar-refractivity contribution in [3.05, 3.63) is 48.0 Å². The van der Waals surface area contributed by atoms with Crippen molar-refractivity contribution < 1.29 is 0 Å². The Morgan fingerprint density at radius 2 is 1.75 bits per heavy atom. The number of nitrogens with zero attached hydrogens (tertiary/aromatic N) is 1. The molecule has 2 aromatic carbocycles. The Kier molecular flexibility index (Phi) is 6.21. The van der Waals surface area contributed by atoms with Gasteiger partial charge in [-0.25, -0.2) is 0 Å². The minimum absolute atomic E-state index is 0.134. The largest absolute Gasteiger partial charge is 0.355 e. The highest BCUT2D eigenvalue weighted by Gasteiger charge is 2.11. The molecule has 0 amide bonds. The molecule has 0 fully saturated rings. The summed E-state index contributed by atoms with van der Waals surface area (Å²) in [5.41, 5.74) is 1.42. The van der Waals surface area contributed by atoms with Gasteiger partial charge in [0.1, 0.15) is 0 Å². The molecule has 2 aromatic rings. The average Bonchev–Trinajstić information content (AvgIpc) is 2.56. The van der Waals surface area contributed by atoms with E-state index < -0.39 is 0 Å². The topological polar surface area (TPSA) is 48.5 Å². The number of nitrogens with one attached hydrogen (secondary N) is 3. The number of guanidine groups is 1. The van der Waals surface area contributed by atoms with Crippen molar-refractivity contribution in [3.8, 4) is 0 Å². The third-order valence-corrected chi connectivity index (χ3v) is 3.94. The number of benzene rings is 2. The van der Waals surface area contributed by atoms with E-state index in [0.717, 1.165) is 19.0 Å². The maximum Gasteiger partial charge on any atom is 0.191 e. The standard InChI is InChI=1S/C20H30N4/c1-15(17-12-8-10-16-9-6-7-11-18(16)17)24-19(21-5)22-13-14-23-20(2,3)4/h6-12,15,23H,13-14H2,1-5H3,(H2,21,22,24). The van der Waals surface area contributed by atoms with E-state index in [1.54, 1.807) is 0 Å². The first-order chi connectivity index (χ1) is 11.4. The zero-order chi connectivity index (χ0) is 17.6. The quantitative estimate of drug-likeness (QED) is 0.448. The van der Waals surface area contributed by atoms with Crippen LogP contribution in [0.4, 0.5) is 0 Å². The molecule has 4 nitrogen and oxygen atoms in total. The second-order valence-corrected chi connectivity index (χ2v) is 7.11. The van der Waals surface area contributed by atoms with Crippen molar-refractivity contribution >= 4 is 16.7 Å². The van der Waals surface area contributed by atoms with Crippen LogP contribution >= 0.6 is 0 Å². The van der Waals surface area contributed by atoms with Crippen LogP contribution in [0, 0.1) is 0 Å². The van der Waals surface area contributed by atoms with Crippen LogP contribution in [0.25, 0.3) is 10.8 Å². The highest BCUT2D eigenvalue weighted by atomic mass is 15.2. The van der Waals surface area contributed by atoms with E-state index in [-0.39, 0.29) is 11.6 Å². The zero-order valence-corrected chi connectivity index (χ0v) is 15.5. The van der Waals surface area contributed by atoms with Gasteiger partial charge in [0.05, 0.1) is 6.04 Å². The monoisotopic (exact) mass is 326 g/mol. The van der Waals surface area contributed by atoms with E-state index in [9.17, 15) is 0 Å². The van der Waals surface area contributed by atoms with Gasteiger partial charge in [0.25, 0.3) is 0 Å². The molecule has 0 saturated carbocycles. The molecule has 24 heavy (non-hydrogen) atoms. The van der Waals surface area contributed by atoms with Gasteiger partial charge in [-0.05, 0) is 44.0 Å². The lowest BCUT2D eigenvalue weighted by Gasteiger charge is -2.22. The molecule has 0 aromatic heterocycles. The molecule has 4 heteroatoms. The summed E-state index contributed by atoms with van der Waals surface area (Å²) >= 11 is 0. The molecule has 1 unspecified atom stereocenters. The van der Waals surface area contributed by atoms with Gasteiger partial charge in [0.15, 0.2) is 5.96 Å². The summed E-state index contributed by atoms with van der Waals surface area (Å²) in [7, 11) is 1.81. The van der Waals surface area contributed by atoms with Gasteiger partial charge in [-0.1, -0.05) is 42.5 Å². The van der Waals surface area contributed by atoms with Gasteiger partial charge < -0.3 is 16.0 Å². The van der Waals surface area contributed by atoms with Gasteiger partial charge in [0, 0.05) is 25.7 Å². The first kappa shape index (κ1) is 18.3. The van der Waals surface area contributed by atoms with E-state index in [4.69, 9.17) is 0 Å². The zero-order valence-electron chi connectivity index (χ0n) is 15.5. The van der Waals surface area contributed by atoms with E-state index in [1.807, 2.05) is 7.05 Å². The number of aliphatic imine (C=N–C) groups is 1. The molecule has 0 heterocycles. The molecule has 0 radical (unpaired) electrons. The van der Waals surface area contributed by atoms with Crippen LogP contribution in [-0.2, 0) is 0 Å². The summed E-state index contributed by atoms with van der Waals surface area (Å²) in [6.45, 7) is 10.4. The van der Waals surface area contributed by atoms with Gasteiger partial charge in [-0.15, -0.1) is 0 Å². The average molecular weight is 326 g/mol. The van der Waals surface area contributed by atoms with Crippen molar-refractivity contribution in [1.29, 1.82) is 0 Å². The summed E-state index contributed by atoms with van der Waals surface area (Å²) < 4.78 is 0. The molecule has 0 aliphatic heterocycles. The minimum Gasteiger partial charge on any atom is -0.355 e. The maximum absolute atomic E-state index is 4.33. The Balaban J connectivity index is 1.98. The molecule has 130 valence electrons. The van der Waals surface area contributed by atoms with Crippen LogP contribution in [0.2, 0.25) is 0 Å². The summed E-state index contributed by atoms with van der Waals surface area (Å²) in [5, 5.41) is 12.9. The smallest absolute Gasteiger partial charge is 0.191 e. The number of hydrogen-bond donors (Lipinski definition) is 3. The molecule has 0 aliphatic carbocycles. The second-order valence-electron chi connectivity index (χ2n) is 7.11. The fourth-order valence-corrected chi connectivity index (χ4v) is 2.72. The third kappa shape index (κ3) is 5.24. The maximum atomic E-state index is 4.33. The molecule has 0 spiro atoms. The molecule has 0 saturated heterocycles. The fourth-order valence-electron chi connectivity index (χ4n) is 2.72. The molecule has 0 bridgehead atoms. The SMILES string of the molecule is CN=C(NCCNC(C)(C)C)NC(C)c1cccc2ccccc12. The van der Waals surface area contributed by atoms with Crippen molar-refractivity contribution in [2.45, 2.75) is 39.3 Å². The first-order valence-corrected chi connectivity index (χ1v) is 8.60. The lowest BCUT2D eigenvalue weighted by molar-refractivity contribution is 0.428. The van der Waals surface area contributed by atoms with Crippen LogP contribution in [-0.4, -0.2) is 31.6 Å². The Bertz CT molecular complexity index is 680. The van der Waals surface area contributed by atoms with Gasteiger partial charge in [0.2, 0.25) is 0 Å². The van der Waals surface area contributed by atoms with E-state index >= 15 is 0 Å². The van der Waals surface area contributed by atoms with Crippen LogP contribution in [0.5, 0.6) is 0 Å². The van der Waals surface area contributed by atoms with Crippen molar-refractivity contribution in [2.24, 2.45) is 4.99 Å². The van der Waals surface area contributed by atoms with Crippen molar-refractivity contribution in [2.75, 3.05) is 20.1 Å². The van der Waals surface area contributed by atoms with Gasteiger partial charge in [-0.2, -0.15) is 0 Å². The fraction of sp³-hybridized carbons (Fsp3) is 0.450. The number of hydrogen-bond acceptors (Lipinski definition) is 2. The third-order valence-electron chi connectivity index (χ3n) is 3.94. The van der Waals surface area contributed by atoms with Gasteiger partial charge in [-0.3, -0.25) is 4.99 Å². The van der Waals surface area contributed by atoms with E-state index in [2.05, 4.69) is 91.1 Å². The Morgan fingerprint density at radius 1 is 1.04 bits per heavy atom. The Labute approximate surface area is 145 Å². The minimum atomic E-state index is 0.134. The summed E-state index contributed by atoms with van der Waals surface area (Å²) in [5.74, 6) is 0.825. The highest BCUT2D eigenvalue weighted by Crippen LogP contribution is 2.23. The molecule has 2 rings (SSSR count). The van der Waals surface area contributed by atoms with Crippen molar-refractivity contribution in [1.82, 2.24) is 16.0 Å². The summed E-state index contributed by atoms with van der Waals surface area (Å²) in [4.78, 5) is 4.33. The second kappa shape index (κ2) is 8.15. The first-order valence-electron chi connectivity index (χ1n) is 8.60. The van der Waals surface area contributed by atoms with E-state index in [0.29, 0.717) is 0 Å². The lowest BCUT2D eigenvalue weighted by atomic mass is 10.00. The molecule has 3 N–H and O–H groups in total. The van der Waals surface area contributed by atoms with Crippen LogP contribution in [0.15, 0.2) is 47.5 Å². The molecular formula is C20H30N4. The van der Waals surface area contributed by atoms with Crippen LogP contribution in [0.1, 0.15) is 39.3 Å². The Hall–Kier alpha value is -2.07. The van der Waals surface area contributed by atoms with Gasteiger partial charge >= 0.3 is 0 Å². The predicted molar refractivity (Wildman–Crippen MR) is 105 cm³/mol. The molecule has 0 aliphatic rings. The van der Waals surface area contributed by atoms with E-state index in [1.165, 1.54) is 16.3 Å². The molecule has 1 atom stereocenters. The lowest BCUT2D eigenvalue weighted by Crippen LogP contribution is -2.45. The van der Waals surface area contributed by atoms with Crippen molar-refractivity contribution in [3.63, 3.8) is 0 Å². The van der Waals surface area contributed by atoms with Crippen LogP contribution in [0.3, 0.4) is 0 Å². The summed E-state index contributed by atoms with van der Waals surface area (Å²) in [6.07, 6.45) is 0. The Morgan fingerprint density at radius 3 is 2.46 bits per heavy atom. The number of fused-ring (bicyclic) bond motifs is 1. The molecular weight excluding hydrogens is 296 g/mol. The highest BCUT2D eigenvalue weighted by molar-refractivity contribution is 5.87. The number of rotatable bonds is 5. The summed E-state index contributed by atoms with van der Waals surface area (Å²) in [6, 6.07) is 15.1. The predicted octanol–water partition coefficient (Wildman–Crippen LogP) is 3.45. The normalized spacial score (nSPS) is 13.8.